The van der Waals surface area contributed by atoms with Crippen LogP contribution in [0.5, 0.6) is 0 Å². The van der Waals surface area contributed by atoms with Crippen molar-refractivity contribution in [1.82, 2.24) is 4.98 Å². The molecule has 0 fully saturated rings. The second kappa shape index (κ2) is 5.20. The lowest BCUT2D eigenvalue weighted by molar-refractivity contribution is 0.587. The summed E-state index contributed by atoms with van der Waals surface area (Å²) in [5.41, 5.74) is 0. The van der Waals surface area contributed by atoms with Gasteiger partial charge in [0.15, 0.2) is 0 Å². The fourth-order valence-electron chi connectivity index (χ4n) is 1.60. The van der Waals surface area contributed by atoms with Gasteiger partial charge in [0.2, 0.25) is 0 Å². The molecule has 0 aromatic carbocycles. The molecule has 14 heavy (non-hydrogen) atoms. The van der Waals surface area contributed by atoms with Gasteiger partial charge in [0, 0.05) is 19.3 Å². The van der Waals surface area contributed by atoms with Crippen molar-refractivity contribution in [3.05, 3.63) is 23.4 Å². The fourth-order valence-corrected chi connectivity index (χ4v) is 1.71. The Kier molecular flexibility index (Phi) is 4.21. The van der Waals surface area contributed by atoms with Crippen LogP contribution in [0.15, 0.2) is 18.3 Å². The van der Waals surface area contributed by atoms with Crippen molar-refractivity contribution < 1.29 is 0 Å². The molecule has 0 saturated heterocycles. The highest BCUT2D eigenvalue weighted by molar-refractivity contribution is 6.30. The normalized spacial score (nSPS) is 10.6. The first-order valence-corrected chi connectivity index (χ1v) is 5.41. The maximum absolute atomic E-state index is 5.78. The van der Waals surface area contributed by atoms with E-state index < -0.39 is 0 Å². The zero-order chi connectivity index (χ0) is 10.6. The Morgan fingerprint density at radius 2 is 2.00 bits per heavy atom. The van der Waals surface area contributed by atoms with Gasteiger partial charge < -0.3 is 4.90 Å². The molecule has 0 saturated carbocycles. The number of anilines is 1. The van der Waals surface area contributed by atoms with Crippen molar-refractivity contribution in [2.45, 2.75) is 32.7 Å². The molecule has 0 atom stereocenters. The summed E-state index contributed by atoms with van der Waals surface area (Å²) in [6.45, 7) is 4.39. The highest BCUT2D eigenvalue weighted by Crippen LogP contribution is 2.17. The molecule has 0 aliphatic heterocycles. The largest absolute Gasteiger partial charge is 0.357 e. The maximum Gasteiger partial charge on any atom is 0.128 e. The summed E-state index contributed by atoms with van der Waals surface area (Å²) < 4.78 is 0. The molecule has 0 radical (unpaired) electrons. The molecule has 1 heterocycles. The van der Waals surface area contributed by atoms with Crippen LogP contribution in [0.25, 0.3) is 0 Å². The second-order valence-electron chi connectivity index (χ2n) is 3.42. The van der Waals surface area contributed by atoms with Gasteiger partial charge in [-0.25, -0.2) is 4.98 Å². The van der Waals surface area contributed by atoms with Crippen LogP contribution in [0.4, 0.5) is 5.82 Å². The van der Waals surface area contributed by atoms with E-state index in [1.54, 1.807) is 6.20 Å². The van der Waals surface area contributed by atoms with Gasteiger partial charge >= 0.3 is 0 Å². The lowest BCUT2D eigenvalue weighted by atomic mass is 10.1. The van der Waals surface area contributed by atoms with Crippen LogP contribution in [-0.4, -0.2) is 18.1 Å². The number of rotatable bonds is 4. The highest BCUT2D eigenvalue weighted by Gasteiger charge is 2.11. The van der Waals surface area contributed by atoms with Crippen LogP contribution < -0.4 is 4.90 Å². The molecule has 0 bridgehead atoms. The minimum Gasteiger partial charge on any atom is -0.357 e. The summed E-state index contributed by atoms with van der Waals surface area (Å²) in [6, 6.07) is 4.40. The maximum atomic E-state index is 5.78. The summed E-state index contributed by atoms with van der Waals surface area (Å²) >= 11 is 5.78. The van der Waals surface area contributed by atoms with Crippen molar-refractivity contribution in [1.29, 1.82) is 0 Å². The summed E-state index contributed by atoms with van der Waals surface area (Å²) in [5, 5.41) is 0.687. The Morgan fingerprint density at radius 1 is 1.36 bits per heavy atom. The minimum atomic E-state index is 0.559. The first-order chi connectivity index (χ1) is 6.69. The molecule has 0 amide bonds. The van der Waals surface area contributed by atoms with Crippen LogP contribution in [0.3, 0.4) is 0 Å². The zero-order valence-electron chi connectivity index (χ0n) is 9.00. The smallest absolute Gasteiger partial charge is 0.128 e. The van der Waals surface area contributed by atoms with Gasteiger partial charge in [-0.15, -0.1) is 0 Å². The summed E-state index contributed by atoms with van der Waals surface area (Å²) in [5.74, 6) is 0.989. The van der Waals surface area contributed by atoms with Crippen LogP contribution in [0, 0.1) is 0 Å². The third kappa shape index (κ3) is 2.61. The van der Waals surface area contributed by atoms with Crippen molar-refractivity contribution in [2.75, 3.05) is 11.9 Å². The number of pyridine rings is 1. The first kappa shape index (κ1) is 11.3. The van der Waals surface area contributed by atoms with Gasteiger partial charge in [-0.3, -0.25) is 0 Å². The van der Waals surface area contributed by atoms with E-state index in [9.17, 15) is 0 Å². The summed E-state index contributed by atoms with van der Waals surface area (Å²) in [6.07, 6.45) is 3.96. The average molecular weight is 213 g/mol. The van der Waals surface area contributed by atoms with E-state index >= 15 is 0 Å². The Balaban J connectivity index is 2.77. The quantitative estimate of drug-likeness (QED) is 0.761. The summed E-state index contributed by atoms with van der Waals surface area (Å²) in [4.78, 5) is 6.49. The van der Waals surface area contributed by atoms with E-state index in [-0.39, 0.29) is 0 Å². The molecule has 78 valence electrons. The first-order valence-electron chi connectivity index (χ1n) is 5.03. The van der Waals surface area contributed by atoms with E-state index in [1.165, 1.54) is 0 Å². The standard InChI is InChI=1S/C11H17ClN2/c1-4-10(5-2)14(3)11-7-6-9(12)8-13-11/h6-8,10H,4-5H2,1-3H3. The molecule has 1 rings (SSSR count). The van der Waals surface area contributed by atoms with Crippen LogP contribution >= 0.6 is 11.6 Å². The predicted octanol–water partition coefficient (Wildman–Crippen LogP) is 3.36. The number of halogens is 1. The molecule has 2 nitrogen and oxygen atoms in total. The predicted molar refractivity (Wildman–Crippen MR) is 62.0 cm³/mol. The van der Waals surface area contributed by atoms with Crippen molar-refractivity contribution in [3.63, 3.8) is 0 Å². The van der Waals surface area contributed by atoms with Gasteiger partial charge in [-0.2, -0.15) is 0 Å². The third-order valence-electron chi connectivity index (χ3n) is 2.56. The number of hydrogen-bond donors (Lipinski definition) is 0. The highest BCUT2D eigenvalue weighted by atomic mass is 35.5. The average Bonchev–Trinajstić information content (AvgIpc) is 2.20. The Bertz CT molecular complexity index is 267. The van der Waals surface area contributed by atoms with E-state index in [0.29, 0.717) is 11.1 Å². The fraction of sp³-hybridized carbons (Fsp3) is 0.545. The molecule has 0 aliphatic carbocycles. The van der Waals surface area contributed by atoms with E-state index in [0.717, 1.165) is 18.7 Å². The molecule has 1 aromatic heterocycles. The van der Waals surface area contributed by atoms with Gasteiger partial charge in [-0.05, 0) is 25.0 Å². The van der Waals surface area contributed by atoms with Crippen LogP contribution in [-0.2, 0) is 0 Å². The van der Waals surface area contributed by atoms with Crippen molar-refractivity contribution in [2.24, 2.45) is 0 Å². The molecule has 3 heteroatoms. The number of aromatic nitrogens is 1. The number of nitrogens with zero attached hydrogens (tertiary/aromatic N) is 2. The van der Waals surface area contributed by atoms with Gasteiger partial charge in [0.1, 0.15) is 5.82 Å². The van der Waals surface area contributed by atoms with Gasteiger partial charge in [0.05, 0.1) is 5.02 Å². The SMILES string of the molecule is CCC(CC)N(C)c1ccc(Cl)cn1. The minimum absolute atomic E-state index is 0.559. The van der Waals surface area contributed by atoms with Crippen molar-refractivity contribution >= 4 is 17.4 Å². The number of hydrogen-bond acceptors (Lipinski definition) is 2. The Morgan fingerprint density at radius 3 is 2.43 bits per heavy atom. The monoisotopic (exact) mass is 212 g/mol. The summed E-state index contributed by atoms with van der Waals surface area (Å²) in [7, 11) is 2.08. The molecule has 0 spiro atoms. The lowest BCUT2D eigenvalue weighted by Gasteiger charge is -2.27. The molecule has 1 aromatic rings. The third-order valence-corrected chi connectivity index (χ3v) is 2.79. The second-order valence-corrected chi connectivity index (χ2v) is 3.85. The topological polar surface area (TPSA) is 16.1 Å². The van der Waals surface area contributed by atoms with E-state index in [4.69, 9.17) is 11.6 Å². The van der Waals surface area contributed by atoms with Gasteiger partial charge in [-0.1, -0.05) is 25.4 Å². The van der Waals surface area contributed by atoms with Gasteiger partial charge in [0.25, 0.3) is 0 Å². The molecular weight excluding hydrogens is 196 g/mol. The molecule has 0 aliphatic rings. The van der Waals surface area contributed by atoms with Crippen molar-refractivity contribution in [3.8, 4) is 0 Å². The van der Waals surface area contributed by atoms with Crippen LogP contribution in [0.1, 0.15) is 26.7 Å². The van der Waals surface area contributed by atoms with E-state index in [2.05, 4.69) is 30.8 Å². The molecule has 0 N–H and O–H groups in total. The lowest BCUT2D eigenvalue weighted by Crippen LogP contribution is -2.30. The van der Waals surface area contributed by atoms with E-state index in [1.807, 2.05) is 12.1 Å². The molecule has 0 unspecified atom stereocenters. The zero-order valence-corrected chi connectivity index (χ0v) is 9.75. The molecular formula is C11H17ClN2. The van der Waals surface area contributed by atoms with Crippen LogP contribution in [0.2, 0.25) is 5.02 Å². The Labute approximate surface area is 90.9 Å². The Hall–Kier alpha value is -0.760.